The SMILES string of the molecule is Cc1cc(Cl)c(-c2cc(C=O)ncn2)cc1F. The highest BCUT2D eigenvalue weighted by Gasteiger charge is 2.09. The minimum Gasteiger partial charge on any atom is -0.296 e. The van der Waals surface area contributed by atoms with Crippen molar-refractivity contribution in [1.29, 1.82) is 0 Å². The Hall–Kier alpha value is -1.81. The normalized spacial score (nSPS) is 10.3. The lowest BCUT2D eigenvalue weighted by Crippen LogP contribution is -1.93. The van der Waals surface area contributed by atoms with E-state index in [1.54, 1.807) is 6.92 Å². The van der Waals surface area contributed by atoms with Gasteiger partial charge in [0.25, 0.3) is 0 Å². The summed E-state index contributed by atoms with van der Waals surface area (Å²) in [5.74, 6) is -0.365. The predicted molar refractivity (Wildman–Crippen MR) is 62.6 cm³/mol. The van der Waals surface area contributed by atoms with Crippen LogP contribution in [-0.2, 0) is 0 Å². The number of hydrogen-bond acceptors (Lipinski definition) is 3. The van der Waals surface area contributed by atoms with E-state index in [2.05, 4.69) is 9.97 Å². The molecule has 2 aromatic rings. The van der Waals surface area contributed by atoms with Gasteiger partial charge in [-0.3, -0.25) is 4.79 Å². The Balaban J connectivity index is 2.59. The number of carbonyl (C=O) groups excluding carboxylic acids is 1. The van der Waals surface area contributed by atoms with E-state index in [9.17, 15) is 9.18 Å². The summed E-state index contributed by atoms with van der Waals surface area (Å²) in [7, 11) is 0. The van der Waals surface area contributed by atoms with E-state index < -0.39 is 0 Å². The fraction of sp³-hybridized carbons (Fsp3) is 0.0833. The fourth-order valence-corrected chi connectivity index (χ4v) is 1.74. The average molecular weight is 251 g/mol. The summed E-state index contributed by atoms with van der Waals surface area (Å²) in [4.78, 5) is 18.3. The molecule has 0 bridgehead atoms. The average Bonchev–Trinajstić information content (AvgIpc) is 2.34. The number of carbonyl (C=O) groups is 1. The van der Waals surface area contributed by atoms with Crippen LogP contribution in [0.3, 0.4) is 0 Å². The zero-order chi connectivity index (χ0) is 12.4. The zero-order valence-corrected chi connectivity index (χ0v) is 9.70. The van der Waals surface area contributed by atoms with E-state index in [0.717, 1.165) is 0 Å². The minimum absolute atomic E-state index is 0.229. The monoisotopic (exact) mass is 250 g/mol. The Kier molecular flexibility index (Phi) is 3.15. The molecular weight excluding hydrogens is 243 g/mol. The van der Waals surface area contributed by atoms with Gasteiger partial charge in [0.2, 0.25) is 0 Å². The maximum Gasteiger partial charge on any atom is 0.168 e. The van der Waals surface area contributed by atoms with Gasteiger partial charge in [-0.2, -0.15) is 0 Å². The van der Waals surface area contributed by atoms with Crippen molar-refractivity contribution in [2.24, 2.45) is 0 Å². The summed E-state index contributed by atoms with van der Waals surface area (Å²) in [6.45, 7) is 1.63. The molecule has 0 spiro atoms. The summed E-state index contributed by atoms with van der Waals surface area (Å²) in [5.41, 5.74) is 1.56. The molecule has 1 aromatic carbocycles. The Morgan fingerprint density at radius 3 is 2.76 bits per heavy atom. The number of aromatic nitrogens is 2. The first-order chi connectivity index (χ1) is 8.11. The highest BCUT2D eigenvalue weighted by molar-refractivity contribution is 6.33. The molecule has 1 aromatic heterocycles. The third-order valence-electron chi connectivity index (χ3n) is 2.33. The van der Waals surface area contributed by atoms with Gasteiger partial charge in [0.15, 0.2) is 6.29 Å². The van der Waals surface area contributed by atoms with Gasteiger partial charge < -0.3 is 0 Å². The van der Waals surface area contributed by atoms with Crippen molar-refractivity contribution in [2.45, 2.75) is 6.92 Å². The van der Waals surface area contributed by atoms with Gasteiger partial charge in [-0.05, 0) is 30.7 Å². The van der Waals surface area contributed by atoms with Crippen molar-refractivity contribution in [3.63, 3.8) is 0 Å². The van der Waals surface area contributed by atoms with Crippen molar-refractivity contribution in [3.05, 3.63) is 46.6 Å². The molecule has 0 saturated carbocycles. The molecule has 0 aliphatic carbocycles. The van der Waals surface area contributed by atoms with E-state index in [1.165, 1.54) is 24.5 Å². The van der Waals surface area contributed by atoms with Crippen LogP contribution in [0, 0.1) is 12.7 Å². The number of nitrogens with zero attached hydrogens (tertiary/aromatic N) is 2. The van der Waals surface area contributed by atoms with Crippen LogP contribution >= 0.6 is 11.6 Å². The van der Waals surface area contributed by atoms with Crippen molar-refractivity contribution < 1.29 is 9.18 Å². The Labute approximate surface area is 102 Å². The van der Waals surface area contributed by atoms with Crippen molar-refractivity contribution in [1.82, 2.24) is 9.97 Å². The molecule has 0 N–H and O–H groups in total. The van der Waals surface area contributed by atoms with Crippen LogP contribution in [0.15, 0.2) is 24.5 Å². The number of halogens is 2. The molecule has 0 unspecified atom stereocenters. The summed E-state index contributed by atoms with van der Waals surface area (Å²) in [5, 5.41) is 0.388. The van der Waals surface area contributed by atoms with Crippen molar-refractivity contribution in [2.75, 3.05) is 0 Å². The number of benzene rings is 1. The topological polar surface area (TPSA) is 42.9 Å². The number of aldehydes is 1. The second kappa shape index (κ2) is 4.59. The van der Waals surface area contributed by atoms with Crippen LogP contribution in [0.4, 0.5) is 4.39 Å². The van der Waals surface area contributed by atoms with Crippen LogP contribution < -0.4 is 0 Å². The number of aryl methyl sites for hydroxylation is 1. The highest BCUT2D eigenvalue weighted by atomic mass is 35.5. The van der Waals surface area contributed by atoms with Gasteiger partial charge in [0, 0.05) is 5.56 Å². The predicted octanol–water partition coefficient (Wildman–Crippen LogP) is 3.06. The summed E-state index contributed by atoms with van der Waals surface area (Å²) >= 11 is 6.02. The fourth-order valence-electron chi connectivity index (χ4n) is 1.43. The third-order valence-corrected chi connectivity index (χ3v) is 2.65. The minimum atomic E-state index is -0.365. The summed E-state index contributed by atoms with van der Waals surface area (Å²) in [6.07, 6.45) is 1.84. The van der Waals surface area contributed by atoms with Crippen LogP contribution in [0.5, 0.6) is 0 Å². The van der Waals surface area contributed by atoms with Crippen molar-refractivity contribution in [3.8, 4) is 11.3 Å². The van der Waals surface area contributed by atoms with E-state index in [4.69, 9.17) is 11.6 Å². The summed E-state index contributed by atoms with van der Waals surface area (Å²) < 4.78 is 13.5. The lowest BCUT2D eigenvalue weighted by atomic mass is 10.1. The third kappa shape index (κ3) is 2.31. The number of rotatable bonds is 2. The lowest BCUT2D eigenvalue weighted by molar-refractivity contribution is 0.111. The molecule has 3 nitrogen and oxygen atoms in total. The van der Waals surface area contributed by atoms with Crippen LogP contribution in [-0.4, -0.2) is 16.3 Å². The van der Waals surface area contributed by atoms with Crippen LogP contribution in [0.25, 0.3) is 11.3 Å². The molecule has 0 radical (unpaired) electrons. The second-order valence-corrected chi connectivity index (χ2v) is 3.93. The molecule has 17 heavy (non-hydrogen) atoms. The molecule has 0 amide bonds. The van der Waals surface area contributed by atoms with Gasteiger partial charge in [-0.1, -0.05) is 11.6 Å². The molecule has 0 aliphatic heterocycles. The van der Waals surface area contributed by atoms with E-state index >= 15 is 0 Å². The Morgan fingerprint density at radius 1 is 1.29 bits per heavy atom. The molecule has 0 aliphatic rings. The first kappa shape index (κ1) is 11.7. The standard InChI is InChI=1S/C12H8ClFN2O/c1-7-2-10(13)9(4-11(7)14)12-3-8(5-17)15-6-16-12/h2-6H,1H3. The quantitative estimate of drug-likeness (QED) is 0.770. The van der Waals surface area contributed by atoms with Gasteiger partial charge in [0.05, 0.1) is 10.7 Å². The Morgan fingerprint density at radius 2 is 2.06 bits per heavy atom. The summed E-state index contributed by atoms with van der Waals surface area (Å²) in [6, 6.07) is 4.28. The van der Waals surface area contributed by atoms with Gasteiger partial charge in [-0.15, -0.1) is 0 Å². The van der Waals surface area contributed by atoms with Crippen molar-refractivity contribution >= 4 is 17.9 Å². The largest absolute Gasteiger partial charge is 0.296 e. The van der Waals surface area contributed by atoms with E-state index in [0.29, 0.717) is 28.1 Å². The van der Waals surface area contributed by atoms with E-state index in [-0.39, 0.29) is 11.5 Å². The maximum absolute atomic E-state index is 13.5. The molecule has 2 rings (SSSR count). The van der Waals surface area contributed by atoms with Crippen LogP contribution in [0.2, 0.25) is 5.02 Å². The molecule has 0 atom stereocenters. The molecular formula is C12H8ClFN2O. The molecule has 1 heterocycles. The first-order valence-corrected chi connectivity index (χ1v) is 5.23. The lowest BCUT2D eigenvalue weighted by Gasteiger charge is -2.06. The van der Waals surface area contributed by atoms with Gasteiger partial charge in [0.1, 0.15) is 17.8 Å². The van der Waals surface area contributed by atoms with Gasteiger partial charge in [-0.25, -0.2) is 14.4 Å². The highest BCUT2D eigenvalue weighted by Crippen LogP contribution is 2.28. The molecule has 0 saturated heterocycles. The van der Waals surface area contributed by atoms with Gasteiger partial charge >= 0.3 is 0 Å². The first-order valence-electron chi connectivity index (χ1n) is 4.85. The molecule has 5 heteroatoms. The Bertz CT molecular complexity index is 587. The van der Waals surface area contributed by atoms with E-state index in [1.807, 2.05) is 0 Å². The molecule has 86 valence electrons. The molecule has 0 fully saturated rings. The zero-order valence-electron chi connectivity index (χ0n) is 8.95. The maximum atomic E-state index is 13.5. The number of hydrogen-bond donors (Lipinski definition) is 0. The smallest absolute Gasteiger partial charge is 0.168 e. The van der Waals surface area contributed by atoms with Crippen LogP contribution in [0.1, 0.15) is 16.1 Å². The second-order valence-electron chi connectivity index (χ2n) is 3.53.